The number of nitrogens with zero attached hydrogens (tertiary/aromatic N) is 2. The molecule has 4 bridgehead atoms. The van der Waals surface area contributed by atoms with Gasteiger partial charge >= 0.3 is 0 Å². The number of fused-ring (bicyclic) bond motifs is 3. The number of aliphatic hydroxyl groups excluding tert-OH is 1. The van der Waals surface area contributed by atoms with Crippen molar-refractivity contribution >= 4 is 0 Å². The fourth-order valence-electron chi connectivity index (χ4n) is 7.80. The first kappa shape index (κ1) is 18.8. The van der Waals surface area contributed by atoms with Crippen LogP contribution in [-0.4, -0.2) is 31.5 Å². The minimum Gasteiger partial charge on any atom is -0.392 e. The highest BCUT2D eigenvalue weighted by molar-refractivity contribution is 5.69. The molecule has 4 fully saturated rings. The molecule has 2 heterocycles. The minimum atomic E-state index is -0.661. The van der Waals surface area contributed by atoms with Gasteiger partial charge in [0.1, 0.15) is 5.82 Å². The summed E-state index contributed by atoms with van der Waals surface area (Å²) >= 11 is 0. The van der Waals surface area contributed by atoms with Crippen molar-refractivity contribution in [1.82, 2.24) is 9.55 Å². The molecule has 30 heavy (non-hydrogen) atoms. The van der Waals surface area contributed by atoms with E-state index in [-0.39, 0.29) is 29.1 Å². The molecule has 2 aromatic rings. The smallest absolute Gasteiger partial charge is 0.129 e. The van der Waals surface area contributed by atoms with E-state index in [0.29, 0.717) is 24.3 Å². The van der Waals surface area contributed by atoms with Crippen molar-refractivity contribution in [2.75, 3.05) is 0 Å². The van der Waals surface area contributed by atoms with Gasteiger partial charge < -0.3 is 14.8 Å². The monoisotopic (exact) mass is 408 g/mol. The molecule has 4 nitrogen and oxygen atoms in total. The lowest BCUT2D eigenvalue weighted by Gasteiger charge is -2.64. The lowest BCUT2D eigenvalue weighted by atomic mass is 9.42. The van der Waals surface area contributed by atoms with Gasteiger partial charge in [-0.25, -0.2) is 9.37 Å². The van der Waals surface area contributed by atoms with Crippen LogP contribution in [0.1, 0.15) is 56.6 Å². The van der Waals surface area contributed by atoms with Crippen LogP contribution in [0.5, 0.6) is 0 Å². The molecule has 1 aromatic carbocycles. The maximum Gasteiger partial charge on any atom is 0.129 e. The first-order valence-electron chi connectivity index (χ1n) is 11.3. The second kappa shape index (κ2) is 6.27. The standard InChI is InChI=1S/C25H29FN2O2/c1-2-6-25(30)16-7-15-8-17(25)12-24(10-15,11-16)22(29)9-20-23-18(4-3-5-19(23)26)21-13-27-14-28(20)21/h2-5,13-17,20,22,29-30H,1,6-12H2. The van der Waals surface area contributed by atoms with Crippen LogP contribution in [0.15, 0.2) is 43.4 Å². The predicted molar refractivity (Wildman–Crippen MR) is 112 cm³/mol. The van der Waals surface area contributed by atoms with E-state index in [1.54, 1.807) is 18.6 Å². The topological polar surface area (TPSA) is 58.3 Å². The Morgan fingerprint density at radius 3 is 2.77 bits per heavy atom. The third kappa shape index (κ3) is 2.36. The summed E-state index contributed by atoms with van der Waals surface area (Å²) in [5.41, 5.74) is 1.66. The van der Waals surface area contributed by atoms with Crippen LogP contribution in [-0.2, 0) is 0 Å². The van der Waals surface area contributed by atoms with Crippen LogP contribution < -0.4 is 0 Å². The molecular weight excluding hydrogens is 379 g/mol. The summed E-state index contributed by atoms with van der Waals surface area (Å²) in [6.45, 7) is 3.87. The second-order valence-electron chi connectivity index (χ2n) is 10.3. The van der Waals surface area contributed by atoms with E-state index in [4.69, 9.17) is 0 Å². The van der Waals surface area contributed by atoms with E-state index >= 15 is 0 Å². The molecule has 0 spiro atoms. The molecule has 5 heteroatoms. The third-order valence-electron chi connectivity index (χ3n) is 8.94. The molecular formula is C25H29FN2O2. The zero-order valence-corrected chi connectivity index (χ0v) is 17.2. The largest absolute Gasteiger partial charge is 0.392 e. The van der Waals surface area contributed by atoms with Crippen LogP contribution in [0.3, 0.4) is 0 Å². The fraction of sp³-hybridized carbons (Fsp3) is 0.560. The van der Waals surface area contributed by atoms with Crippen molar-refractivity contribution in [3.05, 3.63) is 54.8 Å². The molecule has 4 saturated carbocycles. The summed E-state index contributed by atoms with van der Waals surface area (Å²) in [7, 11) is 0. The van der Waals surface area contributed by atoms with Gasteiger partial charge in [0.2, 0.25) is 0 Å². The molecule has 1 aliphatic heterocycles. The van der Waals surface area contributed by atoms with Gasteiger partial charge in [0, 0.05) is 11.1 Å². The summed E-state index contributed by atoms with van der Waals surface area (Å²) in [5.74, 6) is 0.832. The molecule has 0 amide bonds. The zero-order chi connectivity index (χ0) is 20.7. The molecule has 0 saturated heterocycles. The first-order chi connectivity index (χ1) is 14.4. The molecule has 7 rings (SSSR count). The highest BCUT2D eigenvalue weighted by Crippen LogP contribution is 2.66. The van der Waals surface area contributed by atoms with E-state index < -0.39 is 11.7 Å². The summed E-state index contributed by atoms with van der Waals surface area (Å²) in [6.07, 6.45) is 10.9. The Morgan fingerprint density at radius 2 is 2.03 bits per heavy atom. The van der Waals surface area contributed by atoms with Crippen molar-refractivity contribution < 1.29 is 14.6 Å². The first-order valence-corrected chi connectivity index (χ1v) is 11.3. The highest BCUT2D eigenvalue weighted by Gasteiger charge is 2.63. The van der Waals surface area contributed by atoms with Crippen molar-refractivity contribution in [3.8, 4) is 11.3 Å². The number of halogens is 1. The van der Waals surface area contributed by atoms with Crippen molar-refractivity contribution in [3.63, 3.8) is 0 Å². The van der Waals surface area contributed by atoms with Crippen LogP contribution >= 0.6 is 0 Å². The number of benzene rings is 1. The maximum atomic E-state index is 14.8. The molecule has 4 aliphatic carbocycles. The third-order valence-corrected chi connectivity index (χ3v) is 8.94. The molecule has 4 unspecified atom stereocenters. The minimum absolute atomic E-state index is 0.168. The van der Waals surface area contributed by atoms with Crippen LogP contribution in [0.4, 0.5) is 4.39 Å². The van der Waals surface area contributed by atoms with E-state index in [1.165, 1.54) is 6.07 Å². The molecule has 0 radical (unpaired) electrons. The number of aromatic nitrogens is 2. The Kier molecular flexibility index (Phi) is 3.92. The number of imidazole rings is 1. The second-order valence-corrected chi connectivity index (χ2v) is 10.3. The number of rotatable bonds is 5. The summed E-state index contributed by atoms with van der Waals surface area (Å²) < 4.78 is 16.8. The van der Waals surface area contributed by atoms with E-state index in [9.17, 15) is 14.6 Å². The van der Waals surface area contributed by atoms with Gasteiger partial charge in [-0.05, 0) is 74.2 Å². The van der Waals surface area contributed by atoms with Gasteiger partial charge in [0.15, 0.2) is 0 Å². The molecule has 5 aliphatic rings. The van der Waals surface area contributed by atoms with Gasteiger partial charge in [-0.2, -0.15) is 0 Å². The van der Waals surface area contributed by atoms with Crippen molar-refractivity contribution in [1.29, 1.82) is 0 Å². The quantitative estimate of drug-likeness (QED) is 0.718. The van der Waals surface area contributed by atoms with E-state index in [0.717, 1.165) is 43.4 Å². The van der Waals surface area contributed by atoms with Crippen molar-refractivity contribution in [2.24, 2.45) is 23.2 Å². The molecule has 158 valence electrons. The lowest BCUT2D eigenvalue weighted by molar-refractivity contribution is -0.223. The van der Waals surface area contributed by atoms with Crippen LogP contribution in [0, 0.1) is 29.0 Å². The van der Waals surface area contributed by atoms with Gasteiger partial charge in [-0.1, -0.05) is 18.2 Å². The van der Waals surface area contributed by atoms with Crippen LogP contribution in [0.25, 0.3) is 11.3 Å². The average Bonchev–Trinajstić information content (AvgIpc) is 3.29. The van der Waals surface area contributed by atoms with Gasteiger partial charge in [-0.3, -0.25) is 0 Å². The Bertz CT molecular complexity index is 998. The number of hydrogen-bond donors (Lipinski definition) is 2. The van der Waals surface area contributed by atoms with Gasteiger partial charge in [0.05, 0.1) is 36.0 Å². The van der Waals surface area contributed by atoms with Crippen LogP contribution in [0.2, 0.25) is 0 Å². The molecule has 1 aromatic heterocycles. The summed E-state index contributed by atoms with van der Waals surface area (Å²) in [4.78, 5) is 4.28. The Hall–Kier alpha value is -1.98. The van der Waals surface area contributed by atoms with E-state index in [2.05, 4.69) is 11.6 Å². The predicted octanol–water partition coefficient (Wildman–Crippen LogP) is 4.48. The number of aliphatic hydroxyl groups is 2. The Labute approximate surface area is 176 Å². The highest BCUT2D eigenvalue weighted by atomic mass is 19.1. The van der Waals surface area contributed by atoms with Gasteiger partial charge in [-0.15, -0.1) is 6.58 Å². The SMILES string of the molecule is C=CCC1(O)C2CC3CC1CC(C(O)CC1c4c(F)cccc4-c4cncn41)(C3)C2. The molecule has 4 atom stereocenters. The van der Waals surface area contributed by atoms with Crippen molar-refractivity contribution in [2.45, 2.75) is 62.7 Å². The summed E-state index contributed by atoms with van der Waals surface area (Å²) in [6, 6.07) is 4.97. The fourth-order valence-corrected chi connectivity index (χ4v) is 7.80. The lowest BCUT2D eigenvalue weighted by Crippen LogP contribution is -2.63. The Balaban J connectivity index is 1.32. The van der Waals surface area contributed by atoms with Gasteiger partial charge in [0.25, 0.3) is 0 Å². The zero-order valence-electron chi connectivity index (χ0n) is 17.2. The number of hydrogen-bond acceptors (Lipinski definition) is 3. The summed E-state index contributed by atoms with van der Waals surface area (Å²) in [5, 5.41) is 23.0. The average molecular weight is 409 g/mol. The normalized spacial score (nSPS) is 39.0. The Morgan fingerprint density at radius 1 is 1.27 bits per heavy atom. The molecule has 2 N–H and O–H groups in total. The van der Waals surface area contributed by atoms with E-state index in [1.807, 2.05) is 16.7 Å². The maximum absolute atomic E-state index is 14.8.